The Hall–Kier alpha value is -1.98. The Morgan fingerprint density at radius 3 is 2.75 bits per heavy atom. The molecule has 20 heavy (non-hydrogen) atoms. The van der Waals surface area contributed by atoms with Crippen LogP contribution in [0.2, 0.25) is 0 Å². The zero-order valence-corrected chi connectivity index (χ0v) is 11.5. The van der Waals surface area contributed by atoms with E-state index in [1.165, 1.54) is 0 Å². The zero-order valence-electron chi connectivity index (χ0n) is 11.5. The van der Waals surface area contributed by atoms with Crippen LogP contribution in [-0.2, 0) is 16.1 Å². The Bertz CT molecular complexity index is 524. The van der Waals surface area contributed by atoms with Crippen molar-refractivity contribution in [2.45, 2.75) is 38.8 Å². The van der Waals surface area contributed by atoms with Crippen molar-refractivity contribution in [2.75, 3.05) is 6.54 Å². The lowest BCUT2D eigenvalue weighted by molar-refractivity contribution is -0.134. The highest BCUT2D eigenvalue weighted by Gasteiger charge is 2.40. The highest BCUT2D eigenvalue weighted by atomic mass is 16.2. The van der Waals surface area contributed by atoms with Gasteiger partial charge >= 0.3 is 0 Å². The minimum absolute atomic E-state index is 0.0146. The van der Waals surface area contributed by atoms with Crippen LogP contribution in [0.25, 0.3) is 0 Å². The van der Waals surface area contributed by atoms with Gasteiger partial charge in [0, 0.05) is 19.2 Å². The maximum atomic E-state index is 12.5. The van der Waals surface area contributed by atoms with Gasteiger partial charge in [-0.3, -0.25) is 19.6 Å². The molecule has 1 aliphatic heterocycles. The number of hydrogen-bond acceptors (Lipinski definition) is 4. The van der Waals surface area contributed by atoms with E-state index in [0.717, 1.165) is 24.2 Å². The number of carbonyl (C=O) groups is 2. The van der Waals surface area contributed by atoms with E-state index in [9.17, 15) is 9.59 Å². The number of nitrogens with zero attached hydrogens (tertiary/aromatic N) is 3. The third-order valence-electron chi connectivity index (χ3n) is 3.78. The van der Waals surface area contributed by atoms with Crippen molar-refractivity contribution in [3.8, 4) is 0 Å². The van der Waals surface area contributed by atoms with Gasteiger partial charge in [-0.05, 0) is 25.7 Å². The first-order valence-corrected chi connectivity index (χ1v) is 6.99. The van der Waals surface area contributed by atoms with E-state index in [0.29, 0.717) is 25.4 Å². The fourth-order valence-electron chi connectivity index (χ4n) is 2.45. The maximum Gasteiger partial charge on any atom is 0.245 e. The molecule has 1 saturated heterocycles. The number of rotatable bonds is 3. The van der Waals surface area contributed by atoms with E-state index in [2.05, 4.69) is 15.3 Å². The summed E-state index contributed by atoms with van der Waals surface area (Å²) in [7, 11) is 0. The minimum atomic E-state index is -0.344. The van der Waals surface area contributed by atoms with E-state index in [1.807, 2.05) is 6.92 Å². The molecular formula is C14H18N4O2. The van der Waals surface area contributed by atoms with Crippen molar-refractivity contribution in [1.29, 1.82) is 0 Å². The van der Waals surface area contributed by atoms with Gasteiger partial charge in [-0.15, -0.1) is 0 Å². The fourth-order valence-corrected chi connectivity index (χ4v) is 2.45. The van der Waals surface area contributed by atoms with Crippen LogP contribution < -0.4 is 5.32 Å². The van der Waals surface area contributed by atoms with Crippen LogP contribution in [0.15, 0.2) is 12.4 Å². The molecule has 1 saturated carbocycles. The molecule has 0 bridgehead atoms. The van der Waals surface area contributed by atoms with Gasteiger partial charge in [0.05, 0.1) is 24.1 Å². The predicted molar refractivity (Wildman–Crippen MR) is 71.5 cm³/mol. The van der Waals surface area contributed by atoms with Crippen LogP contribution in [0.1, 0.15) is 30.7 Å². The lowest BCUT2D eigenvalue weighted by Gasteiger charge is -2.23. The molecule has 6 nitrogen and oxygen atoms in total. The summed E-state index contributed by atoms with van der Waals surface area (Å²) in [5.74, 6) is 0.296. The molecule has 0 spiro atoms. The summed E-state index contributed by atoms with van der Waals surface area (Å²) < 4.78 is 0. The normalized spacial score (nSPS) is 23.4. The molecule has 1 atom stereocenters. The van der Waals surface area contributed by atoms with Gasteiger partial charge in [-0.1, -0.05) is 0 Å². The average Bonchev–Trinajstić information content (AvgIpc) is 3.26. The molecule has 1 unspecified atom stereocenters. The summed E-state index contributed by atoms with van der Waals surface area (Å²) in [5.41, 5.74) is 1.61. The van der Waals surface area contributed by atoms with Crippen LogP contribution >= 0.6 is 0 Å². The third-order valence-corrected chi connectivity index (χ3v) is 3.78. The van der Waals surface area contributed by atoms with E-state index >= 15 is 0 Å². The second-order valence-corrected chi connectivity index (χ2v) is 5.54. The average molecular weight is 274 g/mol. The molecule has 1 aromatic rings. The Kier molecular flexibility index (Phi) is 3.38. The number of hydrogen-bond donors (Lipinski definition) is 1. The fraction of sp³-hybridized carbons (Fsp3) is 0.571. The molecule has 6 heteroatoms. The van der Waals surface area contributed by atoms with Crippen LogP contribution in [0.5, 0.6) is 0 Å². The second kappa shape index (κ2) is 5.19. The molecular weight excluding hydrogens is 256 g/mol. The number of nitrogens with one attached hydrogen (secondary N) is 1. The van der Waals surface area contributed by atoms with Crippen molar-refractivity contribution in [3.63, 3.8) is 0 Å². The lowest BCUT2D eigenvalue weighted by atomic mass is 10.1. The first-order valence-electron chi connectivity index (χ1n) is 6.99. The Balaban J connectivity index is 1.75. The monoisotopic (exact) mass is 274 g/mol. The number of aryl methyl sites for hydroxylation is 1. The number of carbonyl (C=O) groups excluding carboxylic acids is 2. The van der Waals surface area contributed by atoms with Gasteiger partial charge < -0.3 is 10.2 Å². The molecule has 1 aliphatic carbocycles. The van der Waals surface area contributed by atoms with Crippen LogP contribution in [0.4, 0.5) is 0 Å². The van der Waals surface area contributed by atoms with Gasteiger partial charge in [0.2, 0.25) is 11.8 Å². The van der Waals surface area contributed by atoms with Crippen molar-refractivity contribution < 1.29 is 9.59 Å². The standard InChI is InChI=1S/C14H18N4O2/c1-9-6-16-11(7-15-9)8-18-5-4-12(19)17-13(14(18)20)10-2-3-10/h6-7,10,13H,2-5,8H2,1H3,(H,17,19). The smallest absolute Gasteiger partial charge is 0.245 e. The topological polar surface area (TPSA) is 75.2 Å². The summed E-state index contributed by atoms with van der Waals surface area (Å²) in [6, 6.07) is -0.344. The van der Waals surface area contributed by atoms with Gasteiger partial charge in [0.1, 0.15) is 6.04 Å². The predicted octanol–water partition coefficient (Wildman–Crippen LogP) is 0.412. The third kappa shape index (κ3) is 2.79. The summed E-state index contributed by atoms with van der Waals surface area (Å²) in [6.45, 7) is 2.74. The van der Waals surface area contributed by atoms with Gasteiger partial charge in [-0.2, -0.15) is 0 Å². The van der Waals surface area contributed by atoms with Crippen LogP contribution in [0.3, 0.4) is 0 Å². The zero-order chi connectivity index (χ0) is 14.1. The van der Waals surface area contributed by atoms with E-state index in [1.54, 1.807) is 17.3 Å². The molecule has 0 aromatic carbocycles. The number of aromatic nitrogens is 2. The van der Waals surface area contributed by atoms with Crippen molar-refractivity contribution in [2.24, 2.45) is 5.92 Å². The largest absolute Gasteiger partial charge is 0.344 e. The summed E-state index contributed by atoms with van der Waals surface area (Å²) >= 11 is 0. The maximum absolute atomic E-state index is 12.5. The summed E-state index contributed by atoms with van der Waals surface area (Å²) in [6.07, 6.45) is 5.78. The molecule has 0 radical (unpaired) electrons. The van der Waals surface area contributed by atoms with E-state index in [4.69, 9.17) is 0 Å². The molecule has 2 aliphatic rings. The van der Waals surface area contributed by atoms with Gasteiger partial charge in [0.25, 0.3) is 0 Å². The molecule has 106 valence electrons. The Morgan fingerprint density at radius 1 is 1.30 bits per heavy atom. The Labute approximate surface area is 117 Å². The van der Waals surface area contributed by atoms with Crippen LogP contribution in [-0.4, -0.2) is 39.3 Å². The van der Waals surface area contributed by atoms with Crippen molar-refractivity contribution in [1.82, 2.24) is 20.2 Å². The minimum Gasteiger partial charge on any atom is -0.344 e. The molecule has 2 amide bonds. The quantitative estimate of drug-likeness (QED) is 0.866. The molecule has 1 N–H and O–H groups in total. The molecule has 1 aromatic heterocycles. The summed E-state index contributed by atoms with van der Waals surface area (Å²) in [5, 5.41) is 2.85. The Morgan fingerprint density at radius 2 is 2.10 bits per heavy atom. The first kappa shape index (κ1) is 13.0. The molecule has 3 rings (SSSR count). The summed E-state index contributed by atoms with van der Waals surface area (Å²) in [4.78, 5) is 34.4. The second-order valence-electron chi connectivity index (χ2n) is 5.54. The SMILES string of the molecule is Cc1cnc(CN2CCC(=O)NC(C3CC3)C2=O)cn1. The van der Waals surface area contributed by atoms with Crippen molar-refractivity contribution >= 4 is 11.8 Å². The molecule has 2 heterocycles. The van der Waals surface area contributed by atoms with E-state index < -0.39 is 0 Å². The van der Waals surface area contributed by atoms with Crippen molar-refractivity contribution in [3.05, 3.63) is 23.8 Å². The number of amides is 2. The van der Waals surface area contributed by atoms with E-state index in [-0.39, 0.29) is 17.9 Å². The van der Waals surface area contributed by atoms with Gasteiger partial charge in [0.15, 0.2) is 0 Å². The highest BCUT2D eigenvalue weighted by molar-refractivity contribution is 5.90. The highest BCUT2D eigenvalue weighted by Crippen LogP contribution is 2.34. The van der Waals surface area contributed by atoms with Crippen LogP contribution in [0, 0.1) is 12.8 Å². The first-order chi connectivity index (χ1) is 9.63. The molecule has 2 fully saturated rings. The lowest BCUT2D eigenvalue weighted by Crippen LogP contribution is -2.45. The van der Waals surface area contributed by atoms with Gasteiger partial charge in [-0.25, -0.2) is 0 Å².